The van der Waals surface area contributed by atoms with Crippen molar-refractivity contribution >= 4 is 12.0 Å². The fraction of sp³-hybridized carbons (Fsp3) is 0.846. The number of hydrogen-bond acceptors (Lipinski definition) is 4. The lowest BCUT2D eigenvalue weighted by molar-refractivity contribution is -0.141. The van der Waals surface area contributed by atoms with Gasteiger partial charge in [0, 0.05) is 26.2 Å². The second-order valence-corrected chi connectivity index (χ2v) is 5.56. The lowest BCUT2D eigenvalue weighted by atomic mass is 10.2. The zero-order valence-electron chi connectivity index (χ0n) is 12.0. The topological polar surface area (TPSA) is 82.1 Å². The van der Waals surface area contributed by atoms with E-state index in [4.69, 9.17) is 9.84 Å². The van der Waals surface area contributed by atoms with Crippen LogP contribution in [0.5, 0.6) is 0 Å². The van der Waals surface area contributed by atoms with Crippen molar-refractivity contribution in [2.75, 3.05) is 33.3 Å². The highest BCUT2D eigenvalue weighted by molar-refractivity contribution is 5.82. The second-order valence-electron chi connectivity index (χ2n) is 5.56. The highest BCUT2D eigenvalue weighted by Crippen LogP contribution is 2.22. The summed E-state index contributed by atoms with van der Waals surface area (Å²) >= 11 is 0. The lowest BCUT2D eigenvalue weighted by Crippen LogP contribution is -2.52. The predicted molar refractivity (Wildman–Crippen MR) is 72.6 cm³/mol. The Kier molecular flexibility index (Phi) is 4.82. The van der Waals surface area contributed by atoms with Gasteiger partial charge in [-0.15, -0.1) is 0 Å². The maximum atomic E-state index is 11.8. The number of morpholine rings is 1. The van der Waals surface area contributed by atoms with Crippen molar-refractivity contribution < 1.29 is 19.4 Å². The molecule has 0 aromatic heterocycles. The van der Waals surface area contributed by atoms with E-state index < -0.39 is 12.0 Å². The van der Waals surface area contributed by atoms with Crippen LogP contribution in [0, 0.1) is 0 Å². The van der Waals surface area contributed by atoms with Crippen LogP contribution in [-0.2, 0) is 9.53 Å². The number of fused-ring (bicyclic) bond motifs is 1. The largest absolute Gasteiger partial charge is 0.480 e. The maximum Gasteiger partial charge on any atom is 0.326 e. The van der Waals surface area contributed by atoms with Gasteiger partial charge in [0.2, 0.25) is 0 Å². The smallest absolute Gasteiger partial charge is 0.326 e. The summed E-state index contributed by atoms with van der Waals surface area (Å²) in [4.78, 5) is 26.3. The van der Waals surface area contributed by atoms with Crippen LogP contribution in [0.15, 0.2) is 0 Å². The molecule has 2 saturated heterocycles. The number of amides is 2. The van der Waals surface area contributed by atoms with E-state index in [2.05, 4.69) is 10.2 Å². The number of nitrogens with one attached hydrogen (secondary N) is 1. The van der Waals surface area contributed by atoms with Gasteiger partial charge in [0.15, 0.2) is 0 Å². The minimum absolute atomic E-state index is 0.0122. The van der Waals surface area contributed by atoms with Crippen molar-refractivity contribution in [1.82, 2.24) is 15.1 Å². The number of nitrogens with zero attached hydrogens (tertiary/aromatic N) is 2. The van der Waals surface area contributed by atoms with E-state index >= 15 is 0 Å². The number of carbonyl (C=O) groups excluding carboxylic acids is 1. The van der Waals surface area contributed by atoms with Gasteiger partial charge in [-0.2, -0.15) is 0 Å². The summed E-state index contributed by atoms with van der Waals surface area (Å²) in [5, 5.41) is 11.6. The maximum absolute atomic E-state index is 11.8. The Labute approximate surface area is 118 Å². The van der Waals surface area contributed by atoms with Crippen molar-refractivity contribution in [3.63, 3.8) is 0 Å². The minimum atomic E-state index is -1.02. The van der Waals surface area contributed by atoms with Gasteiger partial charge in [-0.3, -0.25) is 4.90 Å². The fourth-order valence-electron chi connectivity index (χ4n) is 2.68. The zero-order valence-corrected chi connectivity index (χ0v) is 12.0. The molecule has 2 aliphatic rings. The van der Waals surface area contributed by atoms with Crippen LogP contribution in [0.1, 0.15) is 19.8 Å². The van der Waals surface area contributed by atoms with Crippen molar-refractivity contribution in [3.05, 3.63) is 0 Å². The summed E-state index contributed by atoms with van der Waals surface area (Å²) < 4.78 is 5.74. The molecule has 2 N–H and O–H groups in total. The Morgan fingerprint density at radius 2 is 2.30 bits per heavy atom. The van der Waals surface area contributed by atoms with E-state index in [0.717, 1.165) is 19.7 Å². The number of rotatable bonds is 4. The van der Waals surface area contributed by atoms with Gasteiger partial charge < -0.3 is 20.1 Å². The molecule has 7 heteroatoms. The van der Waals surface area contributed by atoms with Crippen LogP contribution in [0.3, 0.4) is 0 Å². The average Bonchev–Trinajstić information content (AvgIpc) is 2.90. The molecule has 3 atom stereocenters. The molecule has 7 nitrogen and oxygen atoms in total. The standard InChI is InChI=1S/C13H23N3O4/c1-9(12(17)18)15(2)13(19)14-6-11-7-16-5-3-4-10(16)8-20-11/h9-11H,3-8H2,1-2H3,(H,14,19)(H,17,18). The summed E-state index contributed by atoms with van der Waals surface area (Å²) in [6, 6.07) is -0.686. The molecule has 0 bridgehead atoms. The number of hydrogen-bond donors (Lipinski definition) is 2. The average molecular weight is 285 g/mol. The van der Waals surface area contributed by atoms with Gasteiger partial charge in [-0.1, -0.05) is 0 Å². The molecule has 2 rings (SSSR count). The number of carboxylic acids is 1. The summed E-state index contributed by atoms with van der Waals surface area (Å²) in [6.07, 6.45) is 2.39. The fourth-order valence-corrected chi connectivity index (χ4v) is 2.68. The van der Waals surface area contributed by atoms with Crippen LogP contribution in [0.25, 0.3) is 0 Å². The highest BCUT2D eigenvalue weighted by Gasteiger charge is 2.32. The van der Waals surface area contributed by atoms with Crippen LogP contribution in [0.4, 0.5) is 4.79 Å². The van der Waals surface area contributed by atoms with Gasteiger partial charge in [-0.25, -0.2) is 9.59 Å². The molecule has 0 spiro atoms. The summed E-state index contributed by atoms with van der Waals surface area (Å²) in [6.45, 7) is 4.56. The number of urea groups is 1. The van der Waals surface area contributed by atoms with Gasteiger partial charge in [0.25, 0.3) is 0 Å². The van der Waals surface area contributed by atoms with Crippen LogP contribution >= 0.6 is 0 Å². The molecule has 0 aromatic rings. The molecule has 2 amide bonds. The molecule has 2 fully saturated rings. The quantitative estimate of drug-likeness (QED) is 0.757. The first-order chi connectivity index (χ1) is 9.49. The van der Waals surface area contributed by atoms with E-state index in [1.54, 1.807) is 0 Å². The van der Waals surface area contributed by atoms with Gasteiger partial charge in [0.05, 0.1) is 12.7 Å². The molecule has 0 aliphatic carbocycles. The summed E-state index contributed by atoms with van der Waals surface area (Å²) in [7, 11) is 1.48. The van der Waals surface area contributed by atoms with Crippen LogP contribution in [0.2, 0.25) is 0 Å². The Bertz CT molecular complexity index is 377. The van der Waals surface area contributed by atoms with E-state index in [-0.39, 0.29) is 12.1 Å². The predicted octanol–water partition coefficient (Wildman–Crippen LogP) is -0.0359. The number of carbonyl (C=O) groups is 2. The highest BCUT2D eigenvalue weighted by atomic mass is 16.5. The Morgan fingerprint density at radius 1 is 1.55 bits per heavy atom. The molecular formula is C13H23N3O4. The normalized spacial score (nSPS) is 27.7. The number of likely N-dealkylation sites (N-methyl/N-ethyl adjacent to an activating group) is 1. The van der Waals surface area contributed by atoms with E-state index in [0.29, 0.717) is 12.6 Å². The number of ether oxygens (including phenoxy) is 1. The third kappa shape index (κ3) is 3.40. The van der Waals surface area contributed by atoms with Crippen molar-refractivity contribution in [2.24, 2.45) is 0 Å². The molecule has 2 aliphatic heterocycles. The zero-order chi connectivity index (χ0) is 14.7. The van der Waals surface area contributed by atoms with E-state index in [1.165, 1.54) is 31.7 Å². The van der Waals surface area contributed by atoms with Crippen molar-refractivity contribution in [1.29, 1.82) is 0 Å². The van der Waals surface area contributed by atoms with Gasteiger partial charge in [-0.05, 0) is 26.3 Å². The first-order valence-electron chi connectivity index (χ1n) is 7.08. The van der Waals surface area contributed by atoms with E-state index in [9.17, 15) is 9.59 Å². The molecule has 3 unspecified atom stereocenters. The molecule has 0 aromatic carbocycles. The SMILES string of the molecule is CC(C(=O)O)N(C)C(=O)NCC1CN2CCCC2CO1. The third-order valence-electron chi connectivity index (χ3n) is 4.20. The van der Waals surface area contributed by atoms with Crippen LogP contribution in [-0.4, -0.2) is 78.4 Å². The minimum Gasteiger partial charge on any atom is -0.480 e. The molecule has 2 heterocycles. The van der Waals surface area contributed by atoms with Crippen molar-refractivity contribution in [3.8, 4) is 0 Å². The Hall–Kier alpha value is -1.34. The molecular weight excluding hydrogens is 262 g/mol. The molecule has 0 radical (unpaired) electrons. The van der Waals surface area contributed by atoms with Gasteiger partial charge >= 0.3 is 12.0 Å². The lowest BCUT2D eigenvalue weighted by Gasteiger charge is -2.35. The van der Waals surface area contributed by atoms with Crippen LogP contribution < -0.4 is 5.32 Å². The van der Waals surface area contributed by atoms with Crippen molar-refractivity contribution in [2.45, 2.75) is 38.0 Å². The summed E-state index contributed by atoms with van der Waals surface area (Å²) in [5.41, 5.74) is 0. The molecule has 0 saturated carbocycles. The first kappa shape index (κ1) is 15.1. The molecule has 20 heavy (non-hydrogen) atoms. The first-order valence-corrected chi connectivity index (χ1v) is 7.08. The number of aliphatic carboxylic acids is 1. The Balaban J connectivity index is 1.74. The van der Waals surface area contributed by atoms with E-state index in [1.807, 2.05) is 0 Å². The number of carboxylic acid groups (broad SMARTS) is 1. The Morgan fingerprint density at radius 3 is 3.00 bits per heavy atom. The monoisotopic (exact) mass is 285 g/mol. The van der Waals surface area contributed by atoms with Gasteiger partial charge in [0.1, 0.15) is 6.04 Å². The summed E-state index contributed by atoms with van der Waals surface area (Å²) in [5.74, 6) is -1.02. The third-order valence-corrected chi connectivity index (χ3v) is 4.20. The molecule has 114 valence electrons. The second kappa shape index (κ2) is 6.41.